The summed E-state index contributed by atoms with van der Waals surface area (Å²) >= 11 is 0. The molecular weight excluding hydrogens is 506 g/mol. The summed E-state index contributed by atoms with van der Waals surface area (Å²) in [5.41, 5.74) is 5.02. The number of hydrogen-bond donors (Lipinski definition) is 1. The fraction of sp³-hybridized carbons (Fsp3) is 0.258. The molecule has 3 heterocycles. The molecule has 0 fully saturated rings. The lowest BCUT2D eigenvalue weighted by Crippen LogP contribution is -2.35. The van der Waals surface area contributed by atoms with Crippen molar-refractivity contribution >= 4 is 28.9 Å². The van der Waals surface area contributed by atoms with E-state index in [9.17, 15) is 19.5 Å². The number of aromatic nitrogens is 3. The Labute approximate surface area is 231 Å². The molecule has 2 aromatic carbocycles. The summed E-state index contributed by atoms with van der Waals surface area (Å²) in [6.07, 6.45) is 3.93. The molecule has 2 aromatic heterocycles. The molecule has 2 amide bonds. The van der Waals surface area contributed by atoms with Crippen molar-refractivity contribution in [3.05, 3.63) is 107 Å². The zero-order valence-electron chi connectivity index (χ0n) is 22.0. The van der Waals surface area contributed by atoms with Gasteiger partial charge in [-0.15, -0.1) is 0 Å². The number of hydrogen-bond acceptors (Lipinski definition) is 6. The van der Waals surface area contributed by atoms with Gasteiger partial charge in [-0.2, -0.15) is 0 Å². The average molecular weight is 536 g/mol. The summed E-state index contributed by atoms with van der Waals surface area (Å²) < 4.78 is 1.24. The van der Waals surface area contributed by atoms with E-state index in [1.807, 2.05) is 12.1 Å². The highest BCUT2D eigenvalue weighted by Gasteiger charge is 2.35. The number of amides is 2. The number of carbonyl (C=O) groups excluding carboxylic acids is 2. The van der Waals surface area contributed by atoms with Gasteiger partial charge >= 0.3 is 6.09 Å². The van der Waals surface area contributed by atoms with Crippen LogP contribution in [0.5, 0.6) is 0 Å². The van der Waals surface area contributed by atoms with E-state index in [1.165, 1.54) is 15.0 Å². The van der Waals surface area contributed by atoms with Crippen molar-refractivity contribution in [2.45, 2.75) is 38.3 Å². The Morgan fingerprint density at radius 3 is 2.50 bits per heavy atom. The van der Waals surface area contributed by atoms with Crippen LogP contribution >= 0.6 is 0 Å². The van der Waals surface area contributed by atoms with E-state index >= 15 is 0 Å². The molecule has 9 heteroatoms. The summed E-state index contributed by atoms with van der Waals surface area (Å²) in [5.74, 6) is -0.151. The normalized spacial score (nSPS) is 16.4. The van der Waals surface area contributed by atoms with Crippen LogP contribution in [0, 0.1) is 0 Å². The largest absolute Gasteiger partial charge is 0.464 e. The van der Waals surface area contributed by atoms with Crippen molar-refractivity contribution in [2.24, 2.45) is 0 Å². The molecule has 202 valence electrons. The third kappa shape index (κ3) is 4.58. The molecule has 1 aliphatic heterocycles. The molecule has 1 N–H and O–H groups in total. The Bertz CT molecular complexity index is 1620. The lowest BCUT2D eigenvalue weighted by atomic mass is 9.90. The second-order valence-corrected chi connectivity index (χ2v) is 10.3. The van der Waals surface area contributed by atoms with Gasteiger partial charge in [0.05, 0.1) is 40.4 Å². The molecule has 40 heavy (non-hydrogen) atoms. The number of imidazole rings is 1. The van der Waals surface area contributed by atoms with Gasteiger partial charge in [-0.25, -0.2) is 14.3 Å². The number of pyridine rings is 1. The second kappa shape index (κ2) is 10.5. The molecule has 2 aliphatic rings. The standard InChI is InChI=1S/C31H29N5O4/c1-20(15-17-35-29(37)22-10-2-3-11-23(22)30(35)38)18-34(26-14-6-8-21-9-7-16-32-28(21)26)19-27-33-24-12-4-5-13-25(24)36(27)31(39)40/h2-5,7,9-13,16,26H,1,6,8,14-15,17-19H2,(H,39,40). The van der Waals surface area contributed by atoms with E-state index < -0.39 is 6.09 Å². The minimum atomic E-state index is -1.09. The topological polar surface area (TPSA) is 109 Å². The van der Waals surface area contributed by atoms with Crippen LogP contribution < -0.4 is 0 Å². The highest BCUT2D eigenvalue weighted by Crippen LogP contribution is 2.35. The van der Waals surface area contributed by atoms with Gasteiger partial charge in [0.1, 0.15) is 5.82 Å². The highest BCUT2D eigenvalue weighted by molar-refractivity contribution is 6.21. The number of rotatable bonds is 8. The summed E-state index contributed by atoms with van der Waals surface area (Å²) in [6.45, 7) is 5.23. The van der Waals surface area contributed by atoms with Crippen molar-refractivity contribution in [3.8, 4) is 0 Å². The van der Waals surface area contributed by atoms with E-state index in [0.29, 0.717) is 41.0 Å². The van der Waals surface area contributed by atoms with Crippen LogP contribution in [0.1, 0.15) is 63.1 Å². The van der Waals surface area contributed by atoms with Crippen LogP contribution in [-0.4, -0.2) is 60.4 Å². The lowest BCUT2D eigenvalue weighted by Gasteiger charge is -2.35. The maximum atomic E-state index is 12.8. The summed E-state index contributed by atoms with van der Waals surface area (Å²) in [5, 5.41) is 10.1. The zero-order chi connectivity index (χ0) is 27.8. The van der Waals surface area contributed by atoms with Gasteiger partial charge in [0, 0.05) is 19.3 Å². The molecule has 4 aromatic rings. The first-order valence-corrected chi connectivity index (χ1v) is 13.4. The molecule has 1 atom stereocenters. The van der Waals surface area contributed by atoms with Crippen molar-refractivity contribution in [1.29, 1.82) is 0 Å². The van der Waals surface area contributed by atoms with E-state index in [4.69, 9.17) is 4.98 Å². The molecule has 0 saturated carbocycles. The number of benzene rings is 2. The Balaban J connectivity index is 1.26. The van der Waals surface area contributed by atoms with E-state index in [0.717, 1.165) is 30.5 Å². The first kappa shape index (κ1) is 25.6. The maximum Gasteiger partial charge on any atom is 0.417 e. The maximum absolute atomic E-state index is 12.8. The minimum Gasteiger partial charge on any atom is -0.464 e. The first-order valence-electron chi connectivity index (χ1n) is 13.4. The molecule has 9 nitrogen and oxygen atoms in total. The fourth-order valence-corrected chi connectivity index (χ4v) is 5.87. The van der Waals surface area contributed by atoms with Gasteiger partial charge in [0.15, 0.2) is 0 Å². The van der Waals surface area contributed by atoms with Gasteiger partial charge in [0.2, 0.25) is 0 Å². The van der Waals surface area contributed by atoms with Gasteiger partial charge in [-0.3, -0.25) is 24.4 Å². The molecule has 0 bridgehead atoms. The fourth-order valence-electron chi connectivity index (χ4n) is 5.87. The monoisotopic (exact) mass is 535 g/mol. The summed E-state index contributed by atoms with van der Waals surface area (Å²) in [6, 6.07) is 18.0. The van der Waals surface area contributed by atoms with E-state index in [2.05, 4.69) is 22.5 Å². The van der Waals surface area contributed by atoms with Crippen LogP contribution in [0.3, 0.4) is 0 Å². The van der Waals surface area contributed by atoms with Crippen LogP contribution in [-0.2, 0) is 13.0 Å². The first-order chi connectivity index (χ1) is 19.4. The summed E-state index contributed by atoms with van der Waals surface area (Å²) in [4.78, 5) is 50.8. The van der Waals surface area contributed by atoms with Crippen LogP contribution in [0.2, 0.25) is 0 Å². The Kier molecular flexibility index (Phi) is 6.73. The molecule has 0 radical (unpaired) electrons. The number of imide groups is 1. The highest BCUT2D eigenvalue weighted by atomic mass is 16.4. The van der Waals surface area contributed by atoms with Crippen molar-refractivity contribution in [2.75, 3.05) is 13.1 Å². The quantitative estimate of drug-likeness (QED) is 0.248. The molecule has 6 rings (SSSR count). The van der Waals surface area contributed by atoms with Crippen LogP contribution in [0.25, 0.3) is 11.0 Å². The van der Waals surface area contributed by atoms with Crippen LogP contribution in [0.4, 0.5) is 4.79 Å². The van der Waals surface area contributed by atoms with Crippen molar-refractivity contribution < 1.29 is 19.5 Å². The van der Waals surface area contributed by atoms with Gasteiger partial charge in [0.25, 0.3) is 11.8 Å². The Morgan fingerprint density at radius 2 is 1.75 bits per heavy atom. The Hall–Kier alpha value is -4.63. The summed E-state index contributed by atoms with van der Waals surface area (Å²) in [7, 11) is 0. The van der Waals surface area contributed by atoms with Gasteiger partial charge in [-0.05, 0) is 61.6 Å². The predicted octanol–water partition coefficient (Wildman–Crippen LogP) is 5.08. The predicted molar refractivity (Wildman–Crippen MR) is 149 cm³/mol. The second-order valence-electron chi connectivity index (χ2n) is 10.3. The Morgan fingerprint density at radius 1 is 1.02 bits per heavy atom. The number of aryl methyl sites for hydroxylation is 1. The van der Waals surface area contributed by atoms with Gasteiger partial charge in [-0.1, -0.05) is 42.5 Å². The van der Waals surface area contributed by atoms with Crippen molar-refractivity contribution in [3.63, 3.8) is 0 Å². The third-order valence-corrected chi connectivity index (χ3v) is 7.77. The number of carbonyl (C=O) groups is 3. The van der Waals surface area contributed by atoms with Crippen molar-refractivity contribution in [1.82, 2.24) is 24.3 Å². The molecule has 0 spiro atoms. The minimum absolute atomic E-state index is 0.0527. The third-order valence-electron chi connectivity index (χ3n) is 7.77. The average Bonchev–Trinajstić information content (AvgIpc) is 3.45. The molecular formula is C31H29N5O4. The van der Waals surface area contributed by atoms with Crippen LogP contribution in [0.15, 0.2) is 79.0 Å². The number of nitrogens with zero attached hydrogens (tertiary/aromatic N) is 5. The zero-order valence-corrected chi connectivity index (χ0v) is 22.0. The van der Waals surface area contributed by atoms with Gasteiger partial charge < -0.3 is 5.11 Å². The van der Waals surface area contributed by atoms with E-state index in [-0.39, 0.29) is 30.9 Å². The number of carboxylic acid groups (broad SMARTS) is 1. The smallest absolute Gasteiger partial charge is 0.417 e. The number of fused-ring (bicyclic) bond motifs is 3. The SMILES string of the molecule is C=C(CCN1C(=O)c2ccccc2C1=O)CN(Cc1nc2ccccc2n1C(=O)O)C1CCCc2cccnc21. The number of para-hydroxylation sites is 2. The molecule has 1 aliphatic carbocycles. The molecule has 0 saturated heterocycles. The lowest BCUT2D eigenvalue weighted by molar-refractivity contribution is 0.0654. The van der Waals surface area contributed by atoms with E-state index in [1.54, 1.807) is 48.7 Å². The molecule has 1 unspecified atom stereocenters.